The Morgan fingerprint density at radius 1 is 1.24 bits per heavy atom. The molecule has 1 saturated heterocycles. The van der Waals surface area contributed by atoms with Crippen LogP contribution in [-0.2, 0) is 9.53 Å². The van der Waals surface area contributed by atoms with E-state index >= 15 is 0 Å². The molecule has 1 rings (SSSR count). The minimum Gasteiger partial charge on any atom is -0.466 e. The van der Waals surface area contributed by atoms with Crippen LogP contribution in [0.1, 0.15) is 47.0 Å². The van der Waals surface area contributed by atoms with Gasteiger partial charge in [-0.2, -0.15) is 0 Å². The van der Waals surface area contributed by atoms with E-state index in [1.165, 1.54) is 26.4 Å². The molecule has 1 aliphatic heterocycles. The highest BCUT2D eigenvalue weighted by molar-refractivity contribution is 5.80. The van der Waals surface area contributed by atoms with Crippen molar-refractivity contribution in [2.24, 2.45) is 0 Å². The van der Waals surface area contributed by atoms with Gasteiger partial charge in [0.2, 0.25) is 0 Å². The summed E-state index contributed by atoms with van der Waals surface area (Å²) in [5, 5.41) is 0. The Labute approximate surface area is 106 Å². The molecule has 0 saturated carbocycles. The second-order valence-electron chi connectivity index (χ2n) is 5.76. The predicted molar refractivity (Wildman–Crippen MR) is 72.0 cm³/mol. The number of likely N-dealkylation sites (tertiary alicyclic amines) is 1. The lowest BCUT2D eigenvalue weighted by Crippen LogP contribution is -2.56. The molecule has 17 heavy (non-hydrogen) atoms. The van der Waals surface area contributed by atoms with E-state index in [4.69, 9.17) is 0 Å². The molecule has 0 amide bonds. The number of nitrogens with zero attached hydrogens (tertiary/aromatic N) is 1. The van der Waals surface area contributed by atoms with Gasteiger partial charge in [0.25, 0.3) is 0 Å². The van der Waals surface area contributed by atoms with Crippen LogP contribution in [0.3, 0.4) is 0 Å². The second-order valence-corrected chi connectivity index (χ2v) is 5.76. The molecule has 0 unspecified atom stereocenters. The number of rotatable bonds is 1. The zero-order valence-electron chi connectivity index (χ0n) is 12.2. The smallest absolute Gasteiger partial charge is 0.329 e. The Morgan fingerprint density at radius 3 is 1.82 bits per heavy atom. The number of esters is 1. The van der Waals surface area contributed by atoms with Crippen LogP contribution in [0.25, 0.3) is 0 Å². The average Bonchev–Trinajstić information content (AvgIpc) is 2.25. The van der Waals surface area contributed by atoms with Gasteiger partial charge in [-0.15, -0.1) is 0 Å². The third-order valence-electron chi connectivity index (χ3n) is 3.76. The molecule has 100 valence electrons. The first-order valence-electron chi connectivity index (χ1n) is 6.11. The standard InChI is InChI=1S/C10H21N.C4H6O2/c1-9(2)7-6-8-10(3,4)11(9)5;1-3-4(5)6-2/h6-8H2,1-5H3;3H,1H2,2H3. The molecule has 0 bridgehead atoms. The van der Waals surface area contributed by atoms with Crippen molar-refractivity contribution in [1.29, 1.82) is 0 Å². The Bertz CT molecular complexity index is 253. The predicted octanol–water partition coefficient (Wildman–Crippen LogP) is 3.00. The molecular weight excluding hydrogens is 214 g/mol. The number of carbonyl (C=O) groups is 1. The molecule has 1 heterocycles. The van der Waals surface area contributed by atoms with Crippen LogP contribution in [0.5, 0.6) is 0 Å². The number of piperidine rings is 1. The molecule has 0 aromatic carbocycles. The van der Waals surface area contributed by atoms with Crippen molar-refractivity contribution in [1.82, 2.24) is 4.90 Å². The number of ether oxygens (including phenoxy) is 1. The van der Waals surface area contributed by atoms with Crippen molar-refractivity contribution in [2.75, 3.05) is 14.2 Å². The first-order chi connectivity index (χ1) is 7.67. The normalized spacial score (nSPS) is 22.0. The molecule has 3 heteroatoms. The van der Waals surface area contributed by atoms with E-state index < -0.39 is 5.97 Å². The zero-order valence-corrected chi connectivity index (χ0v) is 12.2. The van der Waals surface area contributed by atoms with Gasteiger partial charge in [-0.05, 0) is 54.0 Å². The molecule has 1 fully saturated rings. The first-order valence-corrected chi connectivity index (χ1v) is 6.11. The highest BCUT2D eigenvalue weighted by atomic mass is 16.5. The van der Waals surface area contributed by atoms with Gasteiger partial charge in [-0.1, -0.05) is 6.58 Å². The number of carbonyl (C=O) groups excluding carboxylic acids is 1. The number of hydrogen-bond acceptors (Lipinski definition) is 3. The van der Waals surface area contributed by atoms with E-state index in [1.54, 1.807) is 0 Å². The molecule has 0 spiro atoms. The summed E-state index contributed by atoms with van der Waals surface area (Å²) in [5.41, 5.74) is 0.809. The quantitative estimate of drug-likeness (QED) is 0.522. The molecule has 0 N–H and O–H groups in total. The maximum Gasteiger partial charge on any atom is 0.329 e. The van der Waals surface area contributed by atoms with Crippen LogP contribution in [0.2, 0.25) is 0 Å². The highest BCUT2D eigenvalue weighted by Gasteiger charge is 2.37. The average molecular weight is 241 g/mol. The van der Waals surface area contributed by atoms with Crippen LogP contribution in [-0.4, -0.2) is 36.1 Å². The van der Waals surface area contributed by atoms with Crippen LogP contribution in [0.4, 0.5) is 0 Å². The van der Waals surface area contributed by atoms with Gasteiger partial charge in [0.05, 0.1) is 7.11 Å². The Balaban J connectivity index is 0.000000366. The summed E-state index contributed by atoms with van der Waals surface area (Å²) in [7, 11) is 3.56. The van der Waals surface area contributed by atoms with E-state index in [1.807, 2.05) is 0 Å². The van der Waals surface area contributed by atoms with E-state index in [9.17, 15) is 4.79 Å². The molecule has 0 aliphatic carbocycles. The van der Waals surface area contributed by atoms with Gasteiger partial charge in [-0.25, -0.2) is 4.79 Å². The summed E-state index contributed by atoms with van der Waals surface area (Å²) in [4.78, 5) is 12.4. The van der Waals surface area contributed by atoms with Crippen molar-refractivity contribution in [3.63, 3.8) is 0 Å². The van der Waals surface area contributed by atoms with Crippen molar-refractivity contribution in [3.8, 4) is 0 Å². The summed E-state index contributed by atoms with van der Waals surface area (Å²) in [6.07, 6.45) is 5.17. The number of hydrogen-bond donors (Lipinski definition) is 0. The largest absolute Gasteiger partial charge is 0.466 e. The molecule has 0 radical (unpaired) electrons. The van der Waals surface area contributed by atoms with Crippen LogP contribution in [0.15, 0.2) is 12.7 Å². The molecule has 0 aromatic rings. The van der Waals surface area contributed by atoms with Gasteiger partial charge in [0.1, 0.15) is 0 Å². The summed E-state index contributed by atoms with van der Waals surface area (Å²) < 4.78 is 4.14. The van der Waals surface area contributed by atoms with Gasteiger partial charge >= 0.3 is 5.97 Å². The van der Waals surface area contributed by atoms with Crippen molar-refractivity contribution >= 4 is 5.97 Å². The van der Waals surface area contributed by atoms with E-state index in [0.29, 0.717) is 11.1 Å². The van der Waals surface area contributed by atoms with E-state index in [0.717, 1.165) is 6.08 Å². The zero-order chi connectivity index (χ0) is 13.7. The van der Waals surface area contributed by atoms with Crippen molar-refractivity contribution < 1.29 is 9.53 Å². The maximum atomic E-state index is 9.84. The molecule has 0 aromatic heterocycles. The first kappa shape index (κ1) is 16.2. The van der Waals surface area contributed by atoms with Crippen LogP contribution >= 0.6 is 0 Å². The third kappa shape index (κ3) is 4.90. The summed E-state index contributed by atoms with van der Waals surface area (Å²) in [6, 6.07) is 0. The molecule has 1 aliphatic rings. The Kier molecular flexibility index (Phi) is 5.89. The SMILES string of the molecule is C=CC(=O)OC.CN1C(C)(C)CCCC1(C)C. The fraction of sp³-hybridized carbons (Fsp3) is 0.786. The molecular formula is C14H27NO2. The van der Waals surface area contributed by atoms with Gasteiger partial charge in [0, 0.05) is 17.2 Å². The fourth-order valence-electron chi connectivity index (χ4n) is 2.19. The Hall–Kier alpha value is -0.830. The topological polar surface area (TPSA) is 29.5 Å². The van der Waals surface area contributed by atoms with Crippen LogP contribution < -0.4 is 0 Å². The lowest BCUT2D eigenvalue weighted by atomic mass is 9.80. The monoisotopic (exact) mass is 241 g/mol. The fourth-order valence-corrected chi connectivity index (χ4v) is 2.19. The van der Waals surface area contributed by atoms with Crippen LogP contribution in [0, 0.1) is 0 Å². The lowest BCUT2D eigenvalue weighted by molar-refractivity contribution is -0.134. The van der Waals surface area contributed by atoms with Crippen molar-refractivity contribution in [3.05, 3.63) is 12.7 Å². The Morgan fingerprint density at radius 2 is 1.65 bits per heavy atom. The minimum absolute atomic E-state index is 0.394. The lowest BCUT2D eigenvalue weighted by Gasteiger charge is -2.50. The summed E-state index contributed by atoms with van der Waals surface area (Å²) in [5.74, 6) is -0.394. The van der Waals surface area contributed by atoms with E-state index in [2.05, 4.69) is 51.0 Å². The summed E-state index contributed by atoms with van der Waals surface area (Å²) in [6.45, 7) is 12.5. The van der Waals surface area contributed by atoms with E-state index in [-0.39, 0.29) is 0 Å². The van der Waals surface area contributed by atoms with Gasteiger partial charge in [-0.3, -0.25) is 4.90 Å². The minimum atomic E-state index is -0.394. The van der Waals surface area contributed by atoms with Gasteiger partial charge in [0.15, 0.2) is 0 Å². The van der Waals surface area contributed by atoms with Gasteiger partial charge < -0.3 is 4.74 Å². The highest BCUT2D eigenvalue weighted by Crippen LogP contribution is 2.36. The third-order valence-corrected chi connectivity index (χ3v) is 3.76. The number of methoxy groups -OCH3 is 1. The molecule has 0 atom stereocenters. The molecule has 3 nitrogen and oxygen atoms in total. The summed E-state index contributed by atoms with van der Waals surface area (Å²) >= 11 is 0. The van der Waals surface area contributed by atoms with Crippen molar-refractivity contribution in [2.45, 2.75) is 58.0 Å². The maximum absolute atomic E-state index is 9.84. The second kappa shape index (κ2) is 6.20.